The number of carbonyl (C=O) groups excluding carboxylic acids is 3. The van der Waals surface area contributed by atoms with Gasteiger partial charge in [0.2, 0.25) is 5.91 Å². The molecule has 0 saturated heterocycles. The SMILES string of the molecule is CCCNC(=O)N1C[C@@H](C)[C@@H](OC)CN(C)C(=O)c2ccc(NC(=O)CCC)cc2OC[C@H]1C. The molecular formula is C25H40N4O5. The highest BCUT2D eigenvalue weighted by atomic mass is 16.5. The Hall–Kier alpha value is -2.81. The summed E-state index contributed by atoms with van der Waals surface area (Å²) in [5.41, 5.74) is 0.960. The van der Waals surface area contributed by atoms with Crippen LogP contribution in [-0.4, -0.2) is 80.2 Å². The smallest absolute Gasteiger partial charge is 0.317 e. The van der Waals surface area contributed by atoms with Gasteiger partial charge in [-0.25, -0.2) is 4.79 Å². The number of rotatable bonds is 6. The van der Waals surface area contributed by atoms with Crippen LogP contribution in [0.15, 0.2) is 18.2 Å². The third-order valence-corrected chi connectivity index (χ3v) is 5.99. The molecule has 0 radical (unpaired) electrons. The van der Waals surface area contributed by atoms with Crippen molar-refractivity contribution < 1.29 is 23.9 Å². The number of ether oxygens (including phenoxy) is 2. The first kappa shape index (κ1) is 27.4. The molecule has 1 aliphatic rings. The number of benzene rings is 1. The standard InChI is InChI=1S/C25H40N4O5/c1-7-9-23(30)27-19-10-11-20-21(13-19)34-16-18(4)29(25(32)26-12-8-2)14-17(3)22(33-6)15-28(5)24(20)31/h10-11,13,17-18,22H,7-9,12,14-16H2,1-6H3,(H,26,32)(H,27,30)/t17-,18-,22+/m1/s1. The zero-order valence-corrected chi connectivity index (χ0v) is 21.3. The Bertz CT molecular complexity index is 847. The summed E-state index contributed by atoms with van der Waals surface area (Å²) in [5, 5.41) is 5.80. The molecule has 3 atom stereocenters. The number of anilines is 1. The predicted molar refractivity (Wildman–Crippen MR) is 132 cm³/mol. The number of likely N-dealkylation sites (N-methyl/N-ethyl adjacent to an activating group) is 1. The van der Waals surface area contributed by atoms with Crippen molar-refractivity contribution in [1.29, 1.82) is 0 Å². The molecular weight excluding hydrogens is 436 g/mol. The topological polar surface area (TPSA) is 100 Å². The van der Waals surface area contributed by atoms with Crippen molar-refractivity contribution in [3.05, 3.63) is 23.8 Å². The summed E-state index contributed by atoms with van der Waals surface area (Å²) in [4.78, 5) is 41.6. The summed E-state index contributed by atoms with van der Waals surface area (Å²) in [5.74, 6) is 0.0733. The molecule has 0 saturated carbocycles. The number of hydrogen-bond acceptors (Lipinski definition) is 5. The van der Waals surface area contributed by atoms with E-state index >= 15 is 0 Å². The number of hydrogen-bond donors (Lipinski definition) is 2. The van der Waals surface area contributed by atoms with Gasteiger partial charge in [0.05, 0.1) is 17.7 Å². The van der Waals surface area contributed by atoms with Gasteiger partial charge in [-0.15, -0.1) is 0 Å². The monoisotopic (exact) mass is 476 g/mol. The molecule has 0 bridgehead atoms. The lowest BCUT2D eigenvalue weighted by Crippen LogP contribution is -2.51. The van der Waals surface area contributed by atoms with Gasteiger partial charge in [0.15, 0.2) is 0 Å². The van der Waals surface area contributed by atoms with Crippen molar-refractivity contribution in [2.75, 3.05) is 45.7 Å². The minimum Gasteiger partial charge on any atom is -0.491 e. The van der Waals surface area contributed by atoms with Gasteiger partial charge in [-0.1, -0.05) is 20.8 Å². The number of nitrogens with one attached hydrogen (secondary N) is 2. The van der Waals surface area contributed by atoms with Crippen LogP contribution in [0.4, 0.5) is 10.5 Å². The second-order valence-electron chi connectivity index (χ2n) is 8.99. The van der Waals surface area contributed by atoms with Crippen LogP contribution >= 0.6 is 0 Å². The van der Waals surface area contributed by atoms with Gasteiger partial charge < -0.3 is 29.9 Å². The lowest BCUT2D eigenvalue weighted by molar-refractivity contribution is -0.116. The molecule has 1 heterocycles. The molecule has 9 nitrogen and oxygen atoms in total. The molecule has 0 fully saturated rings. The van der Waals surface area contributed by atoms with E-state index in [0.717, 1.165) is 12.8 Å². The number of urea groups is 1. The number of nitrogens with zero attached hydrogens (tertiary/aromatic N) is 2. The molecule has 190 valence electrons. The minimum atomic E-state index is -0.254. The summed E-state index contributed by atoms with van der Waals surface area (Å²) in [7, 11) is 3.35. The summed E-state index contributed by atoms with van der Waals surface area (Å²) < 4.78 is 11.8. The molecule has 1 aliphatic heterocycles. The fraction of sp³-hybridized carbons (Fsp3) is 0.640. The normalized spacial score (nSPS) is 21.6. The highest BCUT2D eigenvalue weighted by molar-refractivity contribution is 5.98. The Morgan fingerprint density at radius 1 is 1.18 bits per heavy atom. The van der Waals surface area contributed by atoms with Crippen LogP contribution in [0.5, 0.6) is 5.75 Å². The van der Waals surface area contributed by atoms with Crippen molar-refractivity contribution in [3.8, 4) is 5.75 Å². The van der Waals surface area contributed by atoms with Crippen molar-refractivity contribution >= 4 is 23.5 Å². The zero-order chi connectivity index (χ0) is 25.3. The first-order chi connectivity index (χ1) is 16.2. The summed E-state index contributed by atoms with van der Waals surface area (Å²) >= 11 is 0. The minimum absolute atomic E-state index is 0.00914. The Labute approximate surface area is 203 Å². The van der Waals surface area contributed by atoms with Crippen LogP contribution in [-0.2, 0) is 9.53 Å². The van der Waals surface area contributed by atoms with Crippen LogP contribution in [0.1, 0.15) is 57.3 Å². The highest BCUT2D eigenvalue weighted by Crippen LogP contribution is 2.27. The van der Waals surface area contributed by atoms with E-state index in [9.17, 15) is 14.4 Å². The molecule has 0 unspecified atom stereocenters. The average Bonchev–Trinajstić information content (AvgIpc) is 2.81. The Morgan fingerprint density at radius 3 is 2.56 bits per heavy atom. The molecule has 1 aromatic rings. The zero-order valence-electron chi connectivity index (χ0n) is 21.3. The Morgan fingerprint density at radius 2 is 1.91 bits per heavy atom. The van der Waals surface area contributed by atoms with Crippen molar-refractivity contribution in [2.45, 2.75) is 59.1 Å². The Balaban J connectivity index is 2.40. The molecule has 2 rings (SSSR count). The quantitative estimate of drug-likeness (QED) is 0.656. The van der Waals surface area contributed by atoms with Crippen LogP contribution in [0.2, 0.25) is 0 Å². The molecule has 4 amide bonds. The number of methoxy groups -OCH3 is 1. The van der Waals surface area contributed by atoms with Gasteiger partial charge in [0.25, 0.3) is 5.91 Å². The van der Waals surface area contributed by atoms with E-state index in [1.54, 1.807) is 42.2 Å². The highest BCUT2D eigenvalue weighted by Gasteiger charge is 2.30. The first-order valence-electron chi connectivity index (χ1n) is 12.1. The van der Waals surface area contributed by atoms with E-state index in [2.05, 4.69) is 10.6 Å². The number of amides is 4. The molecule has 0 aromatic heterocycles. The van der Waals surface area contributed by atoms with Crippen LogP contribution < -0.4 is 15.4 Å². The lowest BCUT2D eigenvalue weighted by atomic mass is 10.0. The second kappa shape index (κ2) is 13.2. The lowest BCUT2D eigenvalue weighted by Gasteiger charge is -2.36. The van der Waals surface area contributed by atoms with Crippen molar-refractivity contribution in [2.24, 2.45) is 5.92 Å². The molecule has 34 heavy (non-hydrogen) atoms. The van der Waals surface area contributed by atoms with E-state index in [4.69, 9.17) is 9.47 Å². The second-order valence-corrected chi connectivity index (χ2v) is 8.99. The maximum Gasteiger partial charge on any atom is 0.317 e. The van der Waals surface area contributed by atoms with Crippen LogP contribution in [0, 0.1) is 5.92 Å². The van der Waals surface area contributed by atoms with Gasteiger partial charge in [-0.3, -0.25) is 9.59 Å². The largest absolute Gasteiger partial charge is 0.491 e. The fourth-order valence-electron chi connectivity index (χ4n) is 3.92. The third kappa shape index (κ3) is 7.35. The molecule has 9 heteroatoms. The van der Waals surface area contributed by atoms with E-state index in [-0.39, 0.29) is 42.5 Å². The summed E-state index contributed by atoms with van der Waals surface area (Å²) in [6, 6.07) is 4.64. The molecule has 2 N–H and O–H groups in total. The third-order valence-electron chi connectivity index (χ3n) is 5.99. The van der Waals surface area contributed by atoms with Gasteiger partial charge in [0.1, 0.15) is 12.4 Å². The molecule has 1 aromatic carbocycles. The van der Waals surface area contributed by atoms with Gasteiger partial charge in [0, 0.05) is 57.9 Å². The van der Waals surface area contributed by atoms with E-state index in [1.807, 2.05) is 27.7 Å². The van der Waals surface area contributed by atoms with Crippen LogP contribution in [0.3, 0.4) is 0 Å². The van der Waals surface area contributed by atoms with E-state index in [1.165, 1.54) is 0 Å². The summed E-state index contributed by atoms with van der Waals surface area (Å²) in [6.45, 7) is 9.50. The average molecular weight is 477 g/mol. The van der Waals surface area contributed by atoms with Crippen LogP contribution in [0.25, 0.3) is 0 Å². The van der Waals surface area contributed by atoms with Gasteiger partial charge in [-0.05, 0) is 31.9 Å². The number of fused-ring (bicyclic) bond motifs is 1. The Kier molecular flexibility index (Phi) is 10.6. The molecule has 0 aliphatic carbocycles. The number of carbonyl (C=O) groups is 3. The maximum absolute atomic E-state index is 13.3. The van der Waals surface area contributed by atoms with Crippen molar-refractivity contribution in [1.82, 2.24) is 15.1 Å². The maximum atomic E-state index is 13.3. The van der Waals surface area contributed by atoms with Gasteiger partial charge in [-0.2, -0.15) is 0 Å². The summed E-state index contributed by atoms with van der Waals surface area (Å²) in [6.07, 6.45) is 1.74. The fourth-order valence-corrected chi connectivity index (χ4v) is 3.92. The van der Waals surface area contributed by atoms with E-state index in [0.29, 0.717) is 43.1 Å². The van der Waals surface area contributed by atoms with Gasteiger partial charge >= 0.3 is 6.03 Å². The van der Waals surface area contributed by atoms with Crippen molar-refractivity contribution in [3.63, 3.8) is 0 Å². The first-order valence-corrected chi connectivity index (χ1v) is 12.1. The predicted octanol–water partition coefficient (Wildman–Crippen LogP) is 3.35. The molecule has 0 spiro atoms. The van der Waals surface area contributed by atoms with E-state index < -0.39 is 0 Å².